The monoisotopic (exact) mass is 334 g/mol. The van der Waals surface area contributed by atoms with Crippen molar-refractivity contribution in [3.8, 4) is 5.69 Å². The van der Waals surface area contributed by atoms with Gasteiger partial charge in [0.25, 0.3) is 5.91 Å². The van der Waals surface area contributed by atoms with Crippen LogP contribution in [0.3, 0.4) is 0 Å². The predicted octanol–water partition coefficient (Wildman–Crippen LogP) is 0.917. The van der Waals surface area contributed by atoms with Crippen molar-refractivity contribution in [1.82, 2.24) is 19.9 Å². The number of aromatic nitrogens is 3. The molecular formula is C15H18N4O3S. The van der Waals surface area contributed by atoms with Gasteiger partial charge in [0, 0.05) is 12.6 Å². The van der Waals surface area contributed by atoms with Crippen LogP contribution in [-0.2, 0) is 9.84 Å². The summed E-state index contributed by atoms with van der Waals surface area (Å²) < 4.78 is 23.3. The molecule has 7 nitrogen and oxygen atoms in total. The zero-order valence-corrected chi connectivity index (χ0v) is 13.6. The normalized spacial score (nSPS) is 19.6. The van der Waals surface area contributed by atoms with Crippen molar-refractivity contribution in [3.05, 3.63) is 42.2 Å². The van der Waals surface area contributed by atoms with E-state index in [1.54, 1.807) is 4.90 Å². The van der Waals surface area contributed by atoms with E-state index in [-0.39, 0.29) is 29.1 Å². The Balaban J connectivity index is 1.81. The van der Waals surface area contributed by atoms with Crippen LogP contribution in [0.5, 0.6) is 0 Å². The number of sulfone groups is 1. The second-order valence-corrected chi connectivity index (χ2v) is 7.73. The van der Waals surface area contributed by atoms with Crippen LogP contribution in [0.15, 0.2) is 36.5 Å². The fourth-order valence-corrected chi connectivity index (χ4v) is 4.51. The molecule has 1 unspecified atom stereocenters. The summed E-state index contributed by atoms with van der Waals surface area (Å²) in [6, 6.07) is 9.02. The lowest BCUT2D eigenvalue weighted by atomic mass is 10.2. The van der Waals surface area contributed by atoms with E-state index in [4.69, 9.17) is 0 Å². The fourth-order valence-electron chi connectivity index (χ4n) is 2.78. The van der Waals surface area contributed by atoms with Gasteiger partial charge in [-0.25, -0.2) is 8.42 Å². The summed E-state index contributed by atoms with van der Waals surface area (Å²) in [7, 11) is -3.04. The number of hydrogen-bond acceptors (Lipinski definition) is 5. The van der Waals surface area contributed by atoms with Crippen LogP contribution in [0.4, 0.5) is 0 Å². The summed E-state index contributed by atoms with van der Waals surface area (Å²) >= 11 is 0. The van der Waals surface area contributed by atoms with Gasteiger partial charge < -0.3 is 4.90 Å². The van der Waals surface area contributed by atoms with Crippen molar-refractivity contribution >= 4 is 15.7 Å². The molecule has 0 bridgehead atoms. The molecule has 0 spiro atoms. The molecule has 1 fully saturated rings. The minimum atomic E-state index is -3.04. The zero-order chi connectivity index (χ0) is 16.4. The van der Waals surface area contributed by atoms with Gasteiger partial charge in [-0.15, -0.1) is 5.10 Å². The Hall–Kier alpha value is -2.22. The second kappa shape index (κ2) is 6.11. The van der Waals surface area contributed by atoms with Crippen molar-refractivity contribution in [2.24, 2.45) is 0 Å². The molecule has 1 aromatic carbocycles. The molecule has 2 aromatic rings. The van der Waals surface area contributed by atoms with Gasteiger partial charge in [-0.1, -0.05) is 18.2 Å². The van der Waals surface area contributed by atoms with Gasteiger partial charge in [0.2, 0.25) is 0 Å². The summed E-state index contributed by atoms with van der Waals surface area (Å²) in [5, 5.41) is 8.34. The number of nitrogens with zero attached hydrogens (tertiary/aromatic N) is 4. The molecule has 0 aliphatic carbocycles. The molecule has 0 N–H and O–H groups in total. The number of rotatable bonds is 4. The average Bonchev–Trinajstić information content (AvgIpc) is 3.16. The number of amides is 1. The smallest absolute Gasteiger partial charge is 0.276 e. The molecule has 122 valence electrons. The van der Waals surface area contributed by atoms with Crippen LogP contribution < -0.4 is 0 Å². The molecule has 23 heavy (non-hydrogen) atoms. The minimum Gasteiger partial charge on any atom is -0.333 e. The summed E-state index contributed by atoms with van der Waals surface area (Å²) in [5.74, 6) is -0.117. The van der Waals surface area contributed by atoms with Crippen LogP contribution in [0.25, 0.3) is 5.69 Å². The van der Waals surface area contributed by atoms with E-state index in [9.17, 15) is 13.2 Å². The maximum atomic E-state index is 12.6. The molecule has 1 atom stereocenters. The first-order valence-electron chi connectivity index (χ1n) is 7.49. The average molecular weight is 334 g/mol. The van der Waals surface area contributed by atoms with E-state index >= 15 is 0 Å². The SMILES string of the molecule is CCN(C(=O)c1cnn(-c2ccccc2)n1)C1CCS(=O)(=O)C1. The third-order valence-corrected chi connectivity index (χ3v) is 5.70. The van der Waals surface area contributed by atoms with Crippen molar-refractivity contribution < 1.29 is 13.2 Å². The largest absolute Gasteiger partial charge is 0.333 e. The number of benzene rings is 1. The Morgan fingerprint density at radius 1 is 1.35 bits per heavy atom. The number of carbonyl (C=O) groups is 1. The Morgan fingerprint density at radius 2 is 2.09 bits per heavy atom. The van der Waals surface area contributed by atoms with Gasteiger partial charge in [-0.05, 0) is 25.5 Å². The van der Waals surface area contributed by atoms with Crippen LogP contribution in [0.2, 0.25) is 0 Å². The molecule has 1 aliphatic rings. The van der Waals surface area contributed by atoms with Crippen LogP contribution >= 0.6 is 0 Å². The first-order valence-corrected chi connectivity index (χ1v) is 9.31. The molecular weight excluding hydrogens is 316 g/mol. The highest BCUT2D eigenvalue weighted by Gasteiger charge is 2.35. The highest BCUT2D eigenvalue weighted by molar-refractivity contribution is 7.91. The summed E-state index contributed by atoms with van der Waals surface area (Å²) in [6.07, 6.45) is 1.90. The van der Waals surface area contributed by atoms with Gasteiger partial charge in [-0.2, -0.15) is 9.90 Å². The summed E-state index contributed by atoms with van der Waals surface area (Å²) in [5.41, 5.74) is 0.984. The minimum absolute atomic E-state index is 0.0272. The third-order valence-electron chi connectivity index (χ3n) is 3.95. The lowest BCUT2D eigenvalue weighted by Gasteiger charge is -2.25. The number of hydrogen-bond donors (Lipinski definition) is 0. The summed E-state index contributed by atoms with van der Waals surface area (Å²) in [6.45, 7) is 2.28. The van der Waals surface area contributed by atoms with Crippen molar-refractivity contribution in [2.45, 2.75) is 19.4 Å². The Labute approximate surface area is 134 Å². The number of carbonyl (C=O) groups excluding carboxylic acids is 1. The van der Waals surface area contributed by atoms with E-state index in [1.165, 1.54) is 11.0 Å². The maximum absolute atomic E-state index is 12.6. The van der Waals surface area contributed by atoms with E-state index < -0.39 is 9.84 Å². The fraction of sp³-hybridized carbons (Fsp3) is 0.400. The molecule has 1 amide bonds. The van der Waals surface area contributed by atoms with Gasteiger partial charge in [0.1, 0.15) is 0 Å². The van der Waals surface area contributed by atoms with Crippen molar-refractivity contribution in [2.75, 3.05) is 18.1 Å². The molecule has 0 radical (unpaired) electrons. The molecule has 8 heteroatoms. The van der Waals surface area contributed by atoms with Crippen LogP contribution in [0.1, 0.15) is 23.8 Å². The van der Waals surface area contributed by atoms with Gasteiger partial charge in [0.05, 0.1) is 23.4 Å². The lowest BCUT2D eigenvalue weighted by Crippen LogP contribution is -2.41. The van der Waals surface area contributed by atoms with E-state index in [1.807, 2.05) is 37.3 Å². The van der Waals surface area contributed by atoms with Crippen molar-refractivity contribution in [1.29, 1.82) is 0 Å². The Bertz CT molecular complexity index is 801. The van der Waals surface area contributed by atoms with Gasteiger partial charge in [0.15, 0.2) is 15.5 Å². The van der Waals surface area contributed by atoms with E-state index in [0.29, 0.717) is 13.0 Å². The first kappa shape index (κ1) is 15.7. The zero-order valence-electron chi connectivity index (χ0n) is 12.8. The van der Waals surface area contributed by atoms with Gasteiger partial charge >= 0.3 is 0 Å². The van der Waals surface area contributed by atoms with Crippen molar-refractivity contribution in [3.63, 3.8) is 0 Å². The second-order valence-electron chi connectivity index (χ2n) is 5.50. The van der Waals surface area contributed by atoms with E-state index in [0.717, 1.165) is 5.69 Å². The molecule has 1 saturated heterocycles. The first-order chi connectivity index (χ1) is 11.0. The van der Waals surface area contributed by atoms with Crippen LogP contribution in [-0.4, -0.2) is 58.3 Å². The molecule has 1 aromatic heterocycles. The Morgan fingerprint density at radius 3 is 2.70 bits per heavy atom. The molecule has 3 rings (SSSR count). The highest BCUT2D eigenvalue weighted by Crippen LogP contribution is 2.19. The third kappa shape index (κ3) is 3.26. The number of para-hydroxylation sites is 1. The van der Waals surface area contributed by atoms with Crippen LogP contribution in [0, 0.1) is 0 Å². The topological polar surface area (TPSA) is 85.2 Å². The molecule has 2 heterocycles. The predicted molar refractivity (Wildman–Crippen MR) is 85.1 cm³/mol. The quantitative estimate of drug-likeness (QED) is 0.830. The molecule has 1 aliphatic heterocycles. The Kier molecular flexibility index (Phi) is 4.16. The van der Waals surface area contributed by atoms with E-state index in [2.05, 4.69) is 10.2 Å². The summed E-state index contributed by atoms with van der Waals surface area (Å²) in [4.78, 5) is 15.6. The lowest BCUT2D eigenvalue weighted by molar-refractivity contribution is 0.0702. The molecule has 0 saturated carbocycles. The maximum Gasteiger partial charge on any atom is 0.276 e. The highest BCUT2D eigenvalue weighted by atomic mass is 32.2. The van der Waals surface area contributed by atoms with Gasteiger partial charge in [-0.3, -0.25) is 4.79 Å². The standard InChI is InChI=1S/C15H18N4O3S/c1-2-18(13-8-9-23(21,22)11-13)15(20)14-10-16-19(17-14)12-6-4-3-5-7-12/h3-7,10,13H,2,8-9,11H2,1H3.